The Morgan fingerprint density at radius 3 is 3.00 bits per heavy atom. The van der Waals surface area contributed by atoms with E-state index in [1.807, 2.05) is 18.2 Å². The Hall–Kier alpha value is -1.90. The smallest absolute Gasteiger partial charge is 0.258 e. The molecule has 70 valence electrons. The maximum Gasteiger partial charge on any atom is 0.258 e. The van der Waals surface area contributed by atoms with Crippen LogP contribution in [0.4, 0.5) is 0 Å². The SMILES string of the molecule is C=CCc1nc2ccccc2c(=O)[nH]1. The highest BCUT2D eigenvalue weighted by molar-refractivity contribution is 5.77. The Kier molecular flexibility index (Phi) is 2.14. The van der Waals surface area contributed by atoms with Gasteiger partial charge in [-0.25, -0.2) is 4.98 Å². The zero-order chi connectivity index (χ0) is 9.97. The Morgan fingerprint density at radius 2 is 2.21 bits per heavy atom. The molecule has 0 aliphatic heterocycles. The number of allylic oxidation sites excluding steroid dienone is 1. The summed E-state index contributed by atoms with van der Waals surface area (Å²) in [7, 11) is 0. The zero-order valence-electron chi connectivity index (χ0n) is 7.66. The van der Waals surface area contributed by atoms with Gasteiger partial charge in [0.1, 0.15) is 5.82 Å². The van der Waals surface area contributed by atoms with E-state index in [1.165, 1.54) is 0 Å². The lowest BCUT2D eigenvalue weighted by molar-refractivity contribution is 0.996. The van der Waals surface area contributed by atoms with Crippen molar-refractivity contribution in [1.82, 2.24) is 9.97 Å². The maximum atomic E-state index is 11.5. The number of para-hydroxylation sites is 1. The molecule has 1 N–H and O–H groups in total. The van der Waals surface area contributed by atoms with E-state index in [0.717, 1.165) is 5.52 Å². The van der Waals surface area contributed by atoms with E-state index < -0.39 is 0 Å². The fourth-order valence-corrected chi connectivity index (χ4v) is 1.37. The first-order chi connectivity index (χ1) is 6.81. The molecule has 0 saturated heterocycles. The minimum atomic E-state index is -0.0903. The summed E-state index contributed by atoms with van der Waals surface area (Å²) < 4.78 is 0. The van der Waals surface area contributed by atoms with E-state index in [-0.39, 0.29) is 5.56 Å². The Bertz CT molecular complexity index is 528. The summed E-state index contributed by atoms with van der Waals surface area (Å²) in [6.07, 6.45) is 2.30. The van der Waals surface area contributed by atoms with E-state index in [1.54, 1.807) is 12.1 Å². The van der Waals surface area contributed by atoms with Crippen LogP contribution in [0, 0.1) is 0 Å². The van der Waals surface area contributed by atoms with E-state index in [2.05, 4.69) is 16.5 Å². The molecule has 0 bridgehead atoms. The number of hydrogen-bond donors (Lipinski definition) is 1. The summed E-state index contributed by atoms with van der Waals surface area (Å²) in [4.78, 5) is 18.6. The van der Waals surface area contributed by atoms with Crippen molar-refractivity contribution in [3.8, 4) is 0 Å². The molecule has 0 fully saturated rings. The van der Waals surface area contributed by atoms with Crippen molar-refractivity contribution < 1.29 is 0 Å². The van der Waals surface area contributed by atoms with Crippen LogP contribution in [0.5, 0.6) is 0 Å². The quantitative estimate of drug-likeness (QED) is 0.725. The maximum absolute atomic E-state index is 11.5. The third-order valence-electron chi connectivity index (χ3n) is 2.00. The molecule has 0 amide bonds. The lowest BCUT2D eigenvalue weighted by Gasteiger charge is -1.99. The molecule has 0 radical (unpaired) electrons. The average molecular weight is 186 g/mol. The highest BCUT2D eigenvalue weighted by Gasteiger charge is 2.00. The summed E-state index contributed by atoms with van der Waals surface area (Å²) in [5.41, 5.74) is 0.639. The van der Waals surface area contributed by atoms with Gasteiger partial charge in [0.25, 0.3) is 5.56 Å². The van der Waals surface area contributed by atoms with Gasteiger partial charge in [0.15, 0.2) is 0 Å². The predicted molar refractivity (Wildman–Crippen MR) is 56.3 cm³/mol. The minimum Gasteiger partial charge on any atom is -0.310 e. The van der Waals surface area contributed by atoms with Crippen molar-refractivity contribution in [2.45, 2.75) is 6.42 Å². The van der Waals surface area contributed by atoms with Crippen molar-refractivity contribution >= 4 is 10.9 Å². The van der Waals surface area contributed by atoms with Crippen molar-refractivity contribution in [2.75, 3.05) is 0 Å². The molecular formula is C11H10N2O. The molecule has 0 aliphatic carbocycles. The van der Waals surface area contributed by atoms with Crippen molar-refractivity contribution in [3.63, 3.8) is 0 Å². The highest BCUT2D eigenvalue weighted by Crippen LogP contribution is 2.05. The molecule has 0 saturated carbocycles. The van der Waals surface area contributed by atoms with Crippen LogP contribution in [0.15, 0.2) is 41.7 Å². The normalized spacial score (nSPS) is 10.3. The molecule has 0 atom stereocenters. The van der Waals surface area contributed by atoms with E-state index in [0.29, 0.717) is 17.6 Å². The highest BCUT2D eigenvalue weighted by atomic mass is 16.1. The van der Waals surface area contributed by atoms with Crippen LogP contribution in [0.25, 0.3) is 10.9 Å². The molecule has 2 rings (SSSR count). The fourth-order valence-electron chi connectivity index (χ4n) is 1.37. The number of nitrogens with zero attached hydrogens (tertiary/aromatic N) is 1. The monoisotopic (exact) mass is 186 g/mol. The molecule has 2 aromatic rings. The number of aromatic amines is 1. The number of benzene rings is 1. The van der Waals surface area contributed by atoms with Crippen molar-refractivity contribution in [2.24, 2.45) is 0 Å². The fraction of sp³-hybridized carbons (Fsp3) is 0.0909. The van der Waals surface area contributed by atoms with Crippen molar-refractivity contribution in [3.05, 3.63) is 53.1 Å². The molecule has 0 spiro atoms. The van der Waals surface area contributed by atoms with Gasteiger partial charge in [0, 0.05) is 6.42 Å². The van der Waals surface area contributed by atoms with Gasteiger partial charge in [-0.15, -0.1) is 6.58 Å². The summed E-state index contributed by atoms with van der Waals surface area (Å²) >= 11 is 0. The van der Waals surface area contributed by atoms with Crippen LogP contribution in [-0.4, -0.2) is 9.97 Å². The molecule has 0 aliphatic rings. The molecule has 1 heterocycles. The van der Waals surface area contributed by atoms with E-state index in [4.69, 9.17) is 0 Å². The van der Waals surface area contributed by atoms with Crippen LogP contribution in [-0.2, 0) is 6.42 Å². The molecular weight excluding hydrogens is 176 g/mol. The number of nitrogens with one attached hydrogen (secondary N) is 1. The van der Waals surface area contributed by atoms with Crippen LogP contribution in [0.2, 0.25) is 0 Å². The Morgan fingerprint density at radius 1 is 1.43 bits per heavy atom. The standard InChI is InChI=1S/C11H10N2O/c1-2-5-10-12-9-7-4-3-6-8(9)11(14)13-10/h2-4,6-7H,1,5H2,(H,12,13,14). The lowest BCUT2D eigenvalue weighted by Crippen LogP contribution is -2.11. The van der Waals surface area contributed by atoms with Gasteiger partial charge in [-0.3, -0.25) is 4.79 Å². The second kappa shape index (κ2) is 3.46. The summed E-state index contributed by atoms with van der Waals surface area (Å²) in [5.74, 6) is 0.656. The first-order valence-electron chi connectivity index (χ1n) is 4.40. The molecule has 1 aromatic carbocycles. The molecule has 3 nitrogen and oxygen atoms in total. The average Bonchev–Trinajstić information content (AvgIpc) is 2.18. The van der Waals surface area contributed by atoms with Gasteiger partial charge in [0.05, 0.1) is 10.9 Å². The molecule has 0 unspecified atom stereocenters. The third kappa shape index (κ3) is 1.44. The van der Waals surface area contributed by atoms with Gasteiger partial charge in [0.2, 0.25) is 0 Å². The lowest BCUT2D eigenvalue weighted by atomic mass is 10.2. The third-order valence-corrected chi connectivity index (χ3v) is 2.00. The van der Waals surface area contributed by atoms with E-state index in [9.17, 15) is 4.79 Å². The van der Waals surface area contributed by atoms with Crippen LogP contribution in [0.1, 0.15) is 5.82 Å². The number of rotatable bonds is 2. The Labute approximate surface area is 81.1 Å². The van der Waals surface area contributed by atoms with Crippen LogP contribution in [0.3, 0.4) is 0 Å². The largest absolute Gasteiger partial charge is 0.310 e. The van der Waals surface area contributed by atoms with Gasteiger partial charge in [-0.2, -0.15) is 0 Å². The number of H-pyrrole nitrogens is 1. The van der Waals surface area contributed by atoms with Gasteiger partial charge < -0.3 is 4.98 Å². The Balaban J connectivity index is 2.72. The number of aromatic nitrogens is 2. The second-order valence-electron chi connectivity index (χ2n) is 3.02. The van der Waals surface area contributed by atoms with Gasteiger partial charge in [-0.1, -0.05) is 18.2 Å². The first kappa shape index (κ1) is 8.69. The summed E-state index contributed by atoms with van der Waals surface area (Å²) in [6.45, 7) is 3.60. The second-order valence-corrected chi connectivity index (χ2v) is 3.02. The number of hydrogen-bond acceptors (Lipinski definition) is 2. The molecule has 14 heavy (non-hydrogen) atoms. The van der Waals surface area contributed by atoms with Crippen molar-refractivity contribution in [1.29, 1.82) is 0 Å². The summed E-state index contributed by atoms with van der Waals surface area (Å²) in [6, 6.07) is 7.29. The van der Waals surface area contributed by atoms with E-state index >= 15 is 0 Å². The summed E-state index contributed by atoms with van der Waals surface area (Å²) in [5, 5.41) is 0.625. The van der Waals surface area contributed by atoms with Gasteiger partial charge >= 0.3 is 0 Å². The molecule has 1 aromatic heterocycles. The first-order valence-corrected chi connectivity index (χ1v) is 4.40. The zero-order valence-corrected chi connectivity index (χ0v) is 7.66. The number of fused-ring (bicyclic) bond motifs is 1. The van der Waals surface area contributed by atoms with Gasteiger partial charge in [-0.05, 0) is 12.1 Å². The minimum absolute atomic E-state index is 0.0903. The van der Waals surface area contributed by atoms with Crippen LogP contribution >= 0.6 is 0 Å². The topological polar surface area (TPSA) is 45.8 Å². The predicted octanol–water partition coefficient (Wildman–Crippen LogP) is 1.65. The molecule has 3 heteroatoms. The van der Waals surface area contributed by atoms with Crippen LogP contribution < -0.4 is 5.56 Å².